The van der Waals surface area contributed by atoms with E-state index in [2.05, 4.69) is 16.0 Å². The highest BCUT2D eigenvalue weighted by molar-refractivity contribution is 6.30. The first-order valence-corrected chi connectivity index (χ1v) is 9.76. The maximum atomic E-state index is 12.3. The van der Waals surface area contributed by atoms with Crippen molar-refractivity contribution in [1.82, 2.24) is 5.32 Å². The summed E-state index contributed by atoms with van der Waals surface area (Å²) in [6.07, 6.45) is 1.55. The SMILES string of the molecule is CNC(=O)c1cccc2c1NC1(CCOCC1)C(=NCc1cccc(Cl)c1)N2. The van der Waals surface area contributed by atoms with E-state index in [1.54, 1.807) is 7.05 Å². The molecular formula is C21H23ClN4O2. The van der Waals surface area contributed by atoms with E-state index in [0.29, 0.717) is 30.3 Å². The van der Waals surface area contributed by atoms with Crippen LogP contribution in [0.3, 0.4) is 0 Å². The van der Waals surface area contributed by atoms with Gasteiger partial charge < -0.3 is 20.7 Å². The fraction of sp³-hybridized carbons (Fsp3) is 0.333. The molecule has 1 fully saturated rings. The molecule has 2 heterocycles. The number of benzene rings is 2. The van der Waals surface area contributed by atoms with Gasteiger partial charge >= 0.3 is 0 Å². The summed E-state index contributed by atoms with van der Waals surface area (Å²) >= 11 is 6.11. The maximum absolute atomic E-state index is 12.3. The van der Waals surface area contributed by atoms with Crippen molar-refractivity contribution >= 4 is 34.7 Å². The van der Waals surface area contributed by atoms with Gasteiger partial charge in [-0.3, -0.25) is 9.79 Å². The van der Waals surface area contributed by atoms with Crippen molar-refractivity contribution in [3.63, 3.8) is 0 Å². The second-order valence-electron chi connectivity index (χ2n) is 7.05. The summed E-state index contributed by atoms with van der Waals surface area (Å²) in [7, 11) is 1.64. The third-order valence-corrected chi connectivity index (χ3v) is 5.50. The Balaban J connectivity index is 1.72. The molecule has 1 amide bonds. The highest BCUT2D eigenvalue weighted by Gasteiger charge is 2.42. The minimum absolute atomic E-state index is 0.118. The number of para-hydroxylation sites is 1. The largest absolute Gasteiger partial charge is 0.381 e. The van der Waals surface area contributed by atoms with Crippen molar-refractivity contribution in [2.75, 3.05) is 30.9 Å². The topological polar surface area (TPSA) is 74.8 Å². The van der Waals surface area contributed by atoms with E-state index in [4.69, 9.17) is 21.3 Å². The summed E-state index contributed by atoms with van der Waals surface area (Å²) in [6.45, 7) is 1.81. The average Bonchev–Trinajstić information content (AvgIpc) is 2.72. The maximum Gasteiger partial charge on any atom is 0.253 e. The Labute approximate surface area is 169 Å². The number of halogens is 1. The Morgan fingerprint density at radius 1 is 1.25 bits per heavy atom. The van der Waals surface area contributed by atoms with Crippen LogP contribution in [-0.4, -0.2) is 37.5 Å². The van der Waals surface area contributed by atoms with Crippen molar-refractivity contribution < 1.29 is 9.53 Å². The van der Waals surface area contributed by atoms with Gasteiger partial charge in [-0.25, -0.2) is 0 Å². The van der Waals surface area contributed by atoms with Gasteiger partial charge in [-0.15, -0.1) is 0 Å². The minimum Gasteiger partial charge on any atom is -0.381 e. The van der Waals surface area contributed by atoms with Crippen LogP contribution in [-0.2, 0) is 11.3 Å². The Hall–Kier alpha value is -2.57. The molecule has 2 aromatic carbocycles. The van der Waals surface area contributed by atoms with Gasteiger partial charge in [0.05, 0.1) is 29.0 Å². The third-order valence-electron chi connectivity index (χ3n) is 5.26. The van der Waals surface area contributed by atoms with Gasteiger partial charge in [0.15, 0.2) is 0 Å². The molecule has 146 valence electrons. The molecule has 0 radical (unpaired) electrons. The number of anilines is 2. The zero-order chi connectivity index (χ0) is 19.6. The zero-order valence-electron chi connectivity index (χ0n) is 15.7. The third kappa shape index (κ3) is 3.57. The van der Waals surface area contributed by atoms with Crippen LogP contribution in [0.15, 0.2) is 47.5 Å². The second-order valence-corrected chi connectivity index (χ2v) is 7.48. The fourth-order valence-electron chi connectivity index (χ4n) is 3.74. The molecular weight excluding hydrogens is 376 g/mol. The van der Waals surface area contributed by atoms with E-state index < -0.39 is 0 Å². The van der Waals surface area contributed by atoms with Crippen LogP contribution in [0.2, 0.25) is 5.02 Å². The van der Waals surface area contributed by atoms with Crippen LogP contribution in [0.25, 0.3) is 0 Å². The Morgan fingerprint density at radius 2 is 2.04 bits per heavy atom. The zero-order valence-corrected chi connectivity index (χ0v) is 16.5. The van der Waals surface area contributed by atoms with Crippen molar-refractivity contribution in [3.05, 3.63) is 58.6 Å². The molecule has 1 saturated heterocycles. The normalized spacial score (nSPS) is 18.9. The molecule has 0 aromatic heterocycles. The molecule has 6 nitrogen and oxygen atoms in total. The number of nitrogens with zero attached hydrogens (tertiary/aromatic N) is 1. The number of aliphatic imine (C=N–C) groups is 1. The molecule has 4 rings (SSSR count). The number of carbonyl (C=O) groups excluding carboxylic acids is 1. The molecule has 2 aliphatic rings. The highest BCUT2D eigenvalue weighted by atomic mass is 35.5. The van der Waals surface area contributed by atoms with Gasteiger partial charge in [-0.05, 0) is 29.8 Å². The molecule has 2 aromatic rings. The van der Waals surface area contributed by atoms with Crippen molar-refractivity contribution in [2.24, 2.45) is 4.99 Å². The predicted molar refractivity (Wildman–Crippen MR) is 112 cm³/mol. The first-order valence-electron chi connectivity index (χ1n) is 9.39. The number of amidine groups is 1. The number of nitrogens with one attached hydrogen (secondary N) is 3. The van der Waals surface area contributed by atoms with Crippen LogP contribution in [0.4, 0.5) is 11.4 Å². The van der Waals surface area contributed by atoms with E-state index in [1.807, 2.05) is 42.5 Å². The van der Waals surface area contributed by atoms with Crippen LogP contribution in [0, 0.1) is 0 Å². The van der Waals surface area contributed by atoms with E-state index >= 15 is 0 Å². The standard InChI is InChI=1S/C21H23ClN4O2/c1-23-19(27)16-6-3-7-17-18(16)26-21(8-10-28-11-9-21)20(25-17)24-13-14-4-2-5-15(22)12-14/h2-7,12,26H,8-11,13H2,1H3,(H,23,27)(H,24,25). The van der Waals surface area contributed by atoms with Crippen molar-refractivity contribution in [2.45, 2.75) is 24.9 Å². The number of fused-ring (bicyclic) bond motifs is 1. The van der Waals surface area contributed by atoms with Gasteiger partial charge in [0, 0.05) is 38.1 Å². The Morgan fingerprint density at radius 3 is 2.79 bits per heavy atom. The number of hydrogen-bond donors (Lipinski definition) is 3. The number of amides is 1. The van der Waals surface area contributed by atoms with Gasteiger partial charge in [-0.2, -0.15) is 0 Å². The molecule has 0 bridgehead atoms. The lowest BCUT2D eigenvalue weighted by Gasteiger charge is -2.44. The average molecular weight is 399 g/mol. The van der Waals surface area contributed by atoms with Gasteiger partial charge in [0.2, 0.25) is 0 Å². The summed E-state index contributed by atoms with van der Waals surface area (Å²) < 4.78 is 5.59. The highest BCUT2D eigenvalue weighted by Crippen LogP contribution is 2.39. The van der Waals surface area contributed by atoms with Crippen LogP contribution in [0.1, 0.15) is 28.8 Å². The lowest BCUT2D eigenvalue weighted by atomic mass is 9.85. The number of hydrogen-bond acceptors (Lipinski definition) is 4. The van der Waals surface area contributed by atoms with Crippen molar-refractivity contribution in [3.8, 4) is 0 Å². The molecule has 1 spiro atoms. The second kappa shape index (κ2) is 7.81. The van der Waals surface area contributed by atoms with Gasteiger partial charge in [0.25, 0.3) is 5.91 Å². The summed E-state index contributed by atoms with van der Waals surface area (Å²) in [4.78, 5) is 17.2. The van der Waals surface area contributed by atoms with Gasteiger partial charge in [-0.1, -0.05) is 29.8 Å². The van der Waals surface area contributed by atoms with Crippen LogP contribution in [0.5, 0.6) is 0 Å². The van der Waals surface area contributed by atoms with Crippen molar-refractivity contribution in [1.29, 1.82) is 0 Å². The quantitative estimate of drug-likeness (QED) is 0.737. The molecule has 2 aliphatic heterocycles. The molecule has 0 aliphatic carbocycles. The summed E-state index contributed by atoms with van der Waals surface area (Å²) in [5, 5.41) is 10.5. The summed E-state index contributed by atoms with van der Waals surface area (Å²) in [6, 6.07) is 13.4. The van der Waals surface area contributed by atoms with E-state index in [9.17, 15) is 4.79 Å². The van der Waals surface area contributed by atoms with E-state index in [-0.39, 0.29) is 11.4 Å². The molecule has 7 heteroatoms. The Bertz CT molecular complexity index is 922. The minimum atomic E-state index is -0.381. The number of rotatable bonds is 3. The smallest absolute Gasteiger partial charge is 0.253 e. The predicted octanol–water partition coefficient (Wildman–Crippen LogP) is 3.68. The number of ether oxygens (including phenoxy) is 1. The van der Waals surface area contributed by atoms with E-state index in [0.717, 1.165) is 35.6 Å². The van der Waals surface area contributed by atoms with Gasteiger partial charge in [0.1, 0.15) is 5.84 Å². The fourth-order valence-corrected chi connectivity index (χ4v) is 3.95. The Kier molecular flexibility index (Phi) is 5.24. The molecule has 0 saturated carbocycles. The summed E-state index contributed by atoms with van der Waals surface area (Å²) in [5.41, 5.74) is 2.95. The van der Waals surface area contributed by atoms with E-state index in [1.165, 1.54) is 0 Å². The lowest BCUT2D eigenvalue weighted by Crippen LogP contribution is -2.56. The summed E-state index contributed by atoms with van der Waals surface area (Å²) in [5.74, 6) is 0.755. The molecule has 0 atom stereocenters. The first kappa shape index (κ1) is 18.8. The number of carbonyl (C=O) groups is 1. The molecule has 0 unspecified atom stereocenters. The van der Waals surface area contributed by atoms with Crippen LogP contribution >= 0.6 is 11.6 Å². The first-order chi connectivity index (χ1) is 13.6. The van der Waals surface area contributed by atoms with Crippen LogP contribution < -0.4 is 16.0 Å². The monoisotopic (exact) mass is 398 g/mol. The molecule has 3 N–H and O–H groups in total. The lowest BCUT2D eigenvalue weighted by molar-refractivity contribution is 0.0778. The molecule has 28 heavy (non-hydrogen) atoms.